The molecule has 1 N–H and O–H groups in total. The van der Waals surface area contributed by atoms with Crippen LogP contribution in [0.1, 0.15) is 32.1 Å². The molecule has 6 heteroatoms. The lowest BCUT2D eigenvalue weighted by atomic mass is 10.2. The third-order valence-electron chi connectivity index (χ3n) is 4.70. The number of benzene rings is 2. The van der Waals surface area contributed by atoms with E-state index >= 15 is 0 Å². The minimum absolute atomic E-state index is 0.197. The summed E-state index contributed by atoms with van der Waals surface area (Å²) in [5.41, 5.74) is 3.46. The zero-order chi connectivity index (χ0) is 19.5. The molecule has 0 unspecified atom stereocenters. The second-order valence-corrected chi connectivity index (χ2v) is 6.99. The molecule has 1 aliphatic heterocycles. The molecule has 0 saturated heterocycles. The second kappa shape index (κ2) is 7.82. The van der Waals surface area contributed by atoms with Crippen molar-refractivity contribution in [1.82, 2.24) is 10.3 Å². The molecule has 0 saturated carbocycles. The first-order chi connectivity index (χ1) is 13.6. The van der Waals surface area contributed by atoms with E-state index in [1.165, 1.54) is 0 Å². The first-order valence-corrected chi connectivity index (χ1v) is 9.39. The van der Waals surface area contributed by atoms with Gasteiger partial charge < -0.3 is 10.2 Å². The average Bonchev–Trinajstić information content (AvgIpc) is 3.17. The maximum atomic E-state index is 12.9. The van der Waals surface area contributed by atoms with Crippen molar-refractivity contribution in [3.63, 3.8) is 0 Å². The monoisotopic (exact) mass is 391 g/mol. The van der Waals surface area contributed by atoms with Gasteiger partial charge in [0.25, 0.3) is 11.8 Å². The second-order valence-electron chi connectivity index (χ2n) is 6.55. The molecule has 0 aliphatic carbocycles. The number of nitrogens with zero attached hydrogens (tertiary/aromatic N) is 2. The van der Waals surface area contributed by atoms with Crippen molar-refractivity contribution in [3.05, 3.63) is 94.3 Å². The van der Waals surface area contributed by atoms with Crippen molar-refractivity contribution in [2.75, 3.05) is 11.4 Å². The zero-order valence-electron chi connectivity index (χ0n) is 15.1. The SMILES string of the molecule is O=C(NCc1ccc(Cl)cc1)c1cccc(C(=O)N2CCc3ccccc32)n1. The number of hydrogen-bond donors (Lipinski definition) is 1. The normalized spacial score (nSPS) is 12.5. The molecule has 1 aromatic heterocycles. The fourth-order valence-corrected chi connectivity index (χ4v) is 3.37. The highest BCUT2D eigenvalue weighted by atomic mass is 35.5. The molecule has 1 aliphatic rings. The summed E-state index contributed by atoms with van der Waals surface area (Å²) in [6.45, 7) is 0.974. The highest BCUT2D eigenvalue weighted by molar-refractivity contribution is 6.30. The van der Waals surface area contributed by atoms with Crippen LogP contribution in [0.25, 0.3) is 0 Å². The summed E-state index contributed by atoms with van der Waals surface area (Å²) in [5.74, 6) is -0.524. The Bertz CT molecular complexity index is 1030. The minimum Gasteiger partial charge on any atom is -0.347 e. The largest absolute Gasteiger partial charge is 0.347 e. The van der Waals surface area contributed by atoms with Gasteiger partial charge in [0.1, 0.15) is 11.4 Å². The van der Waals surface area contributed by atoms with Crippen LogP contribution in [0.15, 0.2) is 66.7 Å². The van der Waals surface area contributed by atoms with Crippen molar-refractivity contribution in [1.29, 1.82) is 0 Å². The summed E-state index contributed by atoms with van der Waals surface area (Å²) in [6.07, 6.45) is 0.823. The number of fused-ring (bicyclic) bond motifs is 1. The Balaban J connectivity index is 1.47. The van der Waals surface area contributed by atoms with Crippen LogP contribution in [0.2, 0.25) is 5.02 Å². The number of halogens is 1. The molecule has 140 valence electrons. The van der Waals surface area contributed by atoms with Crippen molar-refractivity contribution < 1.29 is 9.59 Å². The molecule has 4 rings (SSSR count). The topological polar surface area (TPSA) is 62.3 Å². The van der Waals surface area contributed by atoms with Crippen LogP contribution in [-0.4, -0.2) is 23.3 Å². The van der Waals surface area contributed by atoms with Crippen LogP contribution in [0, 0.1) is 0 Å². The van der Waals surface area contributed by atoms with Crippen molar-refractivity contribution >= 4 is 29.1 Å². The summed E-state index contributed by atoms with van der Waals surface area (Å²) >= 11 is 5.87. The molecule has 5 nitrogen and oxygen atoms in total. The molecule has 0 bridgehead atoms. The van der Waals surface area contributed by atoms with Gasteiger partial charge in [-0.3, -0.25) is 9.59 Å². The fraction of sp³-hybridized carbons (Fsp3) is 0.136. The van der Waals surface area contributed by atoms with Gasteiger partial charge in [-0.05, 0) is 47.9 Å². The van der Waals surface area contributed by atoms with Gasteiger partial charge in [-0.2, -0.15) is 0 Å². The first kappa shape index (κ1) is 18.2. The Kier molecular flexibility index (Phi) is 5.08. The summed E-state index contributed by atoms with van der Waals surface area (Å²) in [7, 11) is 0. The van der Waals surface area contributed by atoms with E-state index in [-0.39, 0.29) is 23.2 Å². The molecule has 0 fully saturated rings. The van der Waals surface area contributed by atoms with Crippen LogP contribution in [0.4, 0.5) is 5.69 Å². The van der Waals surface area contributed by atoms with Crippen LogP contribution in [-0.2, 0) is 13.0 Å². The zero-order valence-corrected chi connectivity index (χ0v) is 15.8. The van der Waals surface area contributed by atoms with Gasteiger partial charge in [0.05, 0.1) is 0 Å². The molecule has 0 radical (unpaired) electrons. The number of hydrogen-bond acceptors (Lipinski definition) is 3. The molecule has 0 atom stereocenters. The highest BCUT2D eigenvalue weighted by Gasteiger charge is 2.26. The predicted octanol–water partition coefficient (Wildman–Crippen LogP) is 3.87. The van der Waals surface area contributed by atoms with Crippen molar-refractivity contribution in [3.8, 4) is 0 Å². The van der Waals surface area contributed by atoms with E-state index in [9.17, 15) is 9.59 Å². The van der Waals surface area contributed by atoms with Gasteiger partial charge in [-0.1, -0.05) is 48.0 Å². The van der Waals surface area contributed by atoms with Crippen LogP contribution in [0.3, 0.4) is 0 Å². The molecule has 28 heavy (non-hydrogen) atoms. The molecule has 2 amide bonds. The molecular weight excluding hydrogens is 374 g/mol. The average molecular weight is 392 g/mol. The van der Waals surface area contributed by atoms with E-state index < -0.39 is 0 Å². The molecule has 3 aromatic rings. The van der Waals surface area contributed by atoms with E-state index in [0.29, 0.717) is 18.1 Å². The first-order valence-electron chi connectivity index (χ1n) is 9.01. The highest BCUT2D eigenvalue weighted by Crippen LogP contribution is 2.28. The molecule has 0 spiro atoms. The lowest BCUT2D eigenvalue weighted by Crippen LogP contribution is -2.30. The summed E-state index contributed by atoms with van der Waals surface area (Å²) in [5, 5.41) is 3.46. The van der Waals surface area contributed by atoms with Crippen LogP contribution in [0.5, 0.6) is 0 Å². The van der Waals surface area contributed by atoms with Gasteiger partial charge in [-0.15, -0.1) is 0 Å². The van der Waals surface area contributed by atoms with E-state index in [0.717, 1.165) is 23.2 Å². The van der Waals surface area contributed by atoms with Crippen molar-refractivity contribution in [2.24, 2.45) is 0 Å². The summed E-state index contributed by atoms with van der Waals surface area (Å²) < 4.78 is 0. The number of nitrogens with one attached hydrogen (secondary N) is 1. The summed E-state index contributed by atoms with van der Waals surface area (Å²) in [6, 6.07) is 20.0. The molecule has 2 aromatic carbocycles. The van der Waals surface area contributed by atoms with Crippen LogP contribution >= 0.6 is 11.6 Å². The van der Waals surface area contributed by atoms with Gasteiger partial charge in [0.2, 0.25) is 0 Å². The van der Waals surface area contributed by atoms with E-state index in [1.54, 1.807) is 35.2 Å². The van der Waals surface area contributed by atoms with Crippen molar-refractivity contribution in [2.45, 2.75) is 13.0 Å². The third kappa shape index (κ3) is 3.75. The standard InChI is InChI=1S/C22H18ClN3O2/c23-17-10-8-15(9-11-17)14-24-21(27)18-5-3-6-19(25-18)22(28)26-13-12-16-4-1-2-7-20(16)26/h1-11H,12-14H2,(H,24,27). The van der Waals surface area contributed by atoms with E-state index in [2.05, 4.69) is 10.3 Å². The number of carbonyl (C=O) groups excluding carboxylic acids is 2. The number of aromatic nitrogens is 1. The Hall–Kier alpha value is -3.18. The smallest absolute Gasteiger partial charge is 0.276 e. The quantitative estimate of drug-likeness (QED) is 0.734. The van der Waals surface area contributed by atoms with E-state index in [1.807, 2.05) is 36.4 Å². The van der Waals surface area contributed by atoms with Gasteiger partial charge in [0, 0.05) is 23.8 Å². The number of rotatable bonds is 4. The number of anilines is 1. The van der Waals surface area contributed by atoms with Gasteiger partial charge in [-0.25, -0.2) is 4.98 Å². The predicted molar refractivity (Wildman–Crippen MR) is 109 cm³/mol. The Morgan fingerprint density at radius 2 is 1.71 bits per heavy atom. The lowest BCUT2D eigenvalue weighted by Gasteiger charge is -2.17. The Morgan fingerprint density at radius 3 is 2.54 bits per heavy atom. The Labute approximate surface area is 168 Å². The van der Waals surface area contributed by atoms with Gasteiger partial charge in [0.15, 0.2) is 0 Å². The Morgan fingerprint density at radius 1 is 0.964 bits per heavy atom. The summed E-state index contributed by atoms with van der Waals surface area (Å²) in [4.78, 5) is 31.4. The lowest BCUT2D eigenvalue weighted by molar-refractivity contribution is 0.0945. The number of pyridine rings is 1. The maximum absolute atomic E-state index is 12.9. The van der Waals surface area contributed by atoms with E-state index in [4.69, 9.17) is 11.6 Å². The number of carbonyl (C=O) groups is 2. The maximum Gasteiger partial charge on any atom is 0.276 e. The molecule has 2 heterocycles. The van der Waals surface area contributed by atoms with Gasteiger partial charge >= 0.3 is 0 Å². The number of amides is 2. The fourth-order valence-electron chi connectivity index (χ4n) is 3.24. The van der Waals surface area contributed by atoms with Crippen LogP contribution < -0.4 is 10.2 Å². The molecular formula is C22H18ClN3O2. The minimum atomic E-state index is -0.327. The third-order valence-corrected chi connectivity index (χ3v) is 4.95. The number of para-hydroxylation sites is 1.